The number of aliphatic hydroxyl groups is 1. The number of aryl methyl sites for hydroxylation is 1. The van der Waals surface area contributed by atoms with Gasteiger partial charge in [0.25, 0.3) is 0 Å². The number of aldehydes is 1. The van der Waals surface area contributed by atoms with Crippen LogP contribution in [0.15, 0.2) is 77.5 Å². The van der Waals surface area contributed by atoms with Crippen LogP contribution in [-0.4, -0.2) is 116 Å². The lowest BCUT2D eigenvalue weighted by Gasteiger charge is -2.31. The number of H-pyrrole nitrogens is 1. The number of piperazine rings is 1. The first-order valence-electron chi connectivity index (χ1n) is 27.8. The zero-order valence-corrected chi connectivity index (χ0v) is 46.7. The zero-order valence-electron chi connectivity index (χ0n) is 45.2. The normalized spacial score (nSPS) is 19.6. The molecule has 5 N–H and O–H groups in total. The number of aromatic amines is 1. The molecule has 3 aliphatic heterocycles. The van der Waals surface area contributed by atoms with Gasteiger partial charge in [-0.3, -0.25) is 24.2 Å². The van der Waals surface area contributed by atoms with Crippen LogP contribution in [0.5, 0.6) is 11.8 Å². The van der Waals surface area contributed by atoms with Crippen LogP contribution in [0.4, 0.5) is 11.5 Å². The third-order valence-electron chi connectivity index (χ3n) is 16.5. The first-order valence-corrected chi connectivity index (χ1v) is 28.6. The maximum atomic E-state index is 14.6. The van der Waals surface area contributed by atoms with Gasteiger partial charge in [0.15, 0.2) is 12.0 Å². The summed E-state index contributed by atoms with van der Waals surface area (Å²) in [6.07, 6.45) is 14.5. The van der Waals surface area contributed by atoms with Gasteiger partial charge in [0.05, 0.1) is 11.7 Å². The van der Waals surface area contributed by atoms with Gasteiger partial charge >= 0.3 is 6.01 Å². The Morgan fingerprint density at radius 1 is 0.923 bits per heavy atom. The van der Waals surface area contributed by atoms with Crippen molar-refractivity contribution in [1.82, 2.24) is 45.5 Å². The van der Waals surface area contributed by atoms with Gasteiger partial charge in [-0.15, -0.1) is 0 Å². The number of carbonyl (C=O) groups is 3. The summed E-state index contributed by atoms with van der Waals surface area (Å²) in [7, 11) is 2.86. The van der Waals surface area contributed by atoms with Crippen molar-refractivity contribution in [3.63, 3.8) is 0 Å². The number of amides is 2. The highest BCUT2D eigenvalue weighted by Crippen LogP contribution is 2.53. The molecule has 3 saturated heterocycles. The molecule has 408 valence electrons. The Hall–Kier alpha value is -6.89. The molecule has 4 unspecified atom stereocenters. The summed E-state index contributed by atoms with van der Waals surface area (Å²) in [5, 5.41) is 31.6. The number of nitrogens with zero attached hydrogens (tertiary/aromatic N) is 7. The summed E-state index contributed by atoms with van der Waals surface area (Å²) in [6, 6.07) is 20.2. The molecule has 0 radical (unpaired) electrons. The lowest BCUT2D eigenvalue weighted by atomic mass is 9.89. The molecule has 2 saturated carbocycles. The number of aromatic nitrogens is 6. The summed E-state index contributed by atoms with van der Waals surface area (Å²) in [6.45, 7) is 8.90. The quantitative estimate of drug-likeness (QED) is 0.0540. The predicted molar refractivity (Wildman–Crippen MR) is 306 cm³/mol. The highest BCUT2D eigenvalue weighted by Gasteiger charge is 2.42. The number of hydrogen-bond acceptors (Lipinski definition) is 13. The molecule has 4 atom stereocenters. The monoisotopic (exact) mass is 1120 g/mol. The van der Waals surface area contributed by atoms with E-state index < -0.39 is 12.1 Å². The summed E-state index contributed by atoms with van der Waals surface area (Å²) in [5.74, 6) is 1.38. The molecule has 7 aromatic rings. The summed E-state index contributed by atoms with van der Waals surface area (Å²) in [5.41, 5.74) is 10.3. The zero-order chi connectivity index (χ0) is 54.2. The molecule has 0 spiro atoms. The number of benzene rings is 4. The molecule has 4 aromatic carbocycles. The Labute approximate surface area is 463 Å². The minimum atomic E-state index is -0.750. The van der Waals surface area contributed by atoms with E-state index in [4.69, 9.17) is 29.6 Å². The van der Waals surface area contributed by atoms with E-state index in [9.17, 15) is 14.4 Å². The topological polar surface area (TPSA) is 205 Å². The third-order valence-corrected chi connectivity index (χ3v) is 17.0. The van der Waals surface area contributed by atoms with Crippen molar-refractivity contribution in [3.8, 4) is 34.0 Å². The molecule has 2 bridgehead atoms. The first-order chi connectivity index (χ1) is 38.0. The van der Waals surface area contributed by atoms with E-state index in [-0.39, 0.29) is 36.1 Å². The fraction of sp³-hybridized carbons (Fsp3) is 0.450. The second kappa shape index (κ2) is 22.8. The Bertz CT molecular complexity index is 3350. The van der Waals surface area contributed by atoms with Crippen LogP contribution < -0.4 is 30.3 Å². The van der Waals surface area contributed by atoms with E-state index in [1.54, 1.807) is 15.8 Å². The summed E-state index contributed by atoms with van der Waals surface area (Å²) >= 11 is 3.47. The highest BCUT2D eigenvalue weighted by molar-refractivity contribution is 9.10. The molecule has 6 heterocycles. The number of fused-ring (bicyclic) bond motifs is 4. The van der Waals surface area contributed by atoms with Gasteiger partial charge in [-0.25, -0.2) is 0 Å². The van der Waals surface area contributed by atoms with Crippen LogP contribution in [0.2, 0.25) is 0 Å². The number of rotatable bonds is 17. The number of halogens is 1. The van der Waals surface area contributed by atoms with Gasteiger partial charge in [0.1, 0.15) is 41.8 Å². The molecular weight excluding hydrogens is 1050 g/mol. The standard InChI is InChI=1S/C59H66BrN11O5.CH4O/c1-33(2)54(58(74)69-22-8-11-50(69)57(73)63-26-35-13-18-38(60)19-14-35)71-30-46(49(31-72)68-71)42-20-15-36(23-48(42)61-4)32-75-55-52(51-34(3)12-21-47-45(51)28-64-67-47)43(37-16-17-37)25-44-53(55)65-59(76-41-9-6-5-7-10-41)66-56(44)70-29-39-24-40(70)27-62-39;1-2/h12-15,18-21,23,25,28,30-31,33,37,39-41,50,54,61-62H,5-11,16-17,22,24,26-27,29,32H2,1-4H3,(H,63,73)(H,64,67);2H,1H3. The number of ether oxygens (including phenoxy) is 2. The van der Waals surface area contributed by atoms with E-state index in [0.29, 0.717) is 61.3 Å². The van der Waals surface area contributed by atoms with Crippen molar-refractivity contribution in [3.05, 3.63) is 105 Å². The minimum absolute atomic E-state index is 0.0544. The van der Waals surface area contributed by atoms with Gasteiger partial charge in [-0.05, 0) is 135 Å². The van der Waals surface area contributed by atoms with Crippen molar-refractivity contribution >= 4 is 67.3 Å². The van der Waals surface area contributed by atoms with Crippen molar-refractivity contribution in [2.24, 2.45) is 5.92 Å². The number of anilines is 2. The van der Waals surface area contributed by atoms with Crippen LogP contribution in [0.3, 0.4) is 0 Å². The number of carbonyl (C=O) groups excluding carboxylic acids is 3. The number of aliphatic hydroxyl groups excluding tert-OH is 1. The van der Waals surface area contributed by atoms with Gasteiger partial charge in [0.2, 0.25) is 11.8 Å². The van der Waals surface area contributed by atoms with Crippen LogP contribution >= 0.6 is 15.9 Å². The lowest BCUT2D eigenvalue weighted by molar-refractivity contribution is -0.142. The average Bonchev–Trinajstić information content (AvgIpc) is 4.09. The second-order valence-electron chi connectivity index (χ2n) is 22.0. The van der Waals surface area contributed by atoms with Gasteiger partial charge in [0, 0.05) is 96.2 Å². The first kappa shape index (κ1) is 53.1. The molecule has 12 rings (SSSR count). The molecule has 2 aliphatic carbocycles. The summed E-state index contributed by atoms with van der Waals surface area (Å²) in [4.78, 5) is 56.0. The third kappa shape index (κ3) is 10.5. The van der Waals surface area contributed by atoms with E-state index in [1.165, 1.54) is 12.0 Å². The predicted octanol–water partition coefficient (Wildman–Crippen LogP) is 9.79. The number of likely N-dealkylation sites (tertiary alicyclic amines) is 1. The molecule has 2 amide bonds. The van der Waals surface area contributed by atoms with Gasteiger partial charge in [-0.1, -0.05) is 66.5 Å². The highest BCUT2D eigenvalue weighted by atomic mass is 79.9. The van der Waals surface area contributed by atoms with Gasteiger partial charge in [-0.2, -0.15) is 20.2 Å². The molecule has 78 heavy (non-hydrogen) atoms. The van der Waals surface area contributed by atoms with Crippen molar-refractivity contribution in [2.45, 2.75) is 134 Å². The van der Waals surface area contributed by atoms with E-state index in [2.05, 4.69) is 78.2 Å². The fourth-order valence-corrected chi connectivity index (χ4v) is 12.7. The van der Waals surface area contributed by atoms with Crippen LogP contribution in [0.25, 0.3) is 44.1 Å². The number of hydrogen-bond donors (Lipinski definition) is 5. The van der Waals surface area contributed by atoms with Crippen LogP contribution in [-0.2, 0) is 22.7 Å². The Morgan fingerprint density at radius 2 is 1.72 bits per heavy atom. The molecule has 5 aliphatic rings. The maximum Gasteiger partial charge on any atom is 0.319 e. The number of nitrogens with one attached hydrogen (secondary N) is 4. The lowest BCUT2D eigenvalue weighted by Crippen LogP contribution is -2.48. The van der Waals surface area contributed by atoms with Crippen molar-refractivity contribution in [1.29, 1.82) is 0 Å². The molecule has 17 nitrogen and oxygen atoms in total. The summed E-state index contributed by atoms with van der Waals surface area (Å²) < 4.78 is 16.7. The van der Waals surface area contributed by atoms with Crippen molar-refractivity contribution < 1.29 is 29.0 Å². The molecule has 18 heteroatoms. The minimum Gasteiger partial charge on any atom is -0.486 e. The largest absolute Gasteiger partial charge is 0.486 e. The Kier molecular flexibility index (Phi) is 15.6. The van der Waals surface area contributed by atoms with Crippen LogP contribution in [0, 0.1) is 12.8 Å². The second-order valence-corrected chi connectivity index (χ2v) is 22.9. The molecule has 5 fully saturated rings. The maximum absolute atomic E-state index is 14.6. The molecule has 3 aromatic heterocycles. The Balaban J connectivity index is 0.00000319. The Morgan fingerprint density at radius 3 is 2.44 bits per heavy atom. The van der Waals surface area contributed by atoms with Gasteiger partial charge < -0.3 is 40.3 Å². The van der Waals surface area contributed by atoms with E-state index in [1.807, 2.05) is 63.5 Å². The van der Waals surface area contributed by atoms with Crippen molar-refractivity contribution in [2.75, 3.05) is 44.0 Å². The average molecular weight is 1120 g/mol. The SMILES string of the molecule is CNc1cc(COc2c(-c3c(C)ccc4[nH]ncc34)c(C3CC3)cc3c(N4CC5CC4CN5)nc(OC4CCCCC4)nc23)ccc1-c1cn(C(C(=O)N2CCCC2C(=O)NCc2ccc(Br)cc2)C(C)C)nc1C=O.CO. The van der Waals surface area contributed by atoms with Crippen LogP contribution in [0.1, 0.15) is 123 Å². The van der Waals surface area contributed by atoms with E-state index >= 15 is 0 Å². The fourth-order valence-electron chi connectivity index (χ4n) is 12.4. The molecular formula is C60H70BrN11O6. The smallest absolute Gasteiger partial charge is 0.319 e. The van der Waals surface area contributed by atoms with E-state index in [0.717, 1.165) is 143 Å².